The monoisotopic (exact) mass is 281 g/mol. The smallest absolute Gasteiger partial charge is 0.236 e. The van der Waals surface area contributed by atoms with Gasteiger partial charge in [-0.3, -0.25) is 4.79 Å². The van der Waals surface area contributed by atoms with E-state index in [4.69, 9.17) is 9.47 Å². The summed E-state index contributed by atoms with van der Waals surface area (Å²) in [6, 6.07) is 0. The second-order valence-electron chi connectivity index (χ2n) is 3.28. The lowest BCUT2D eigenvalue weighted by molar-refractivity contribution is -0.131. The van der Waals surface area contributed by atoms with Crippen molar-refractivity contribution in [2.75, 3.05) is 40.5 Å². The van der Waals surface area contributed by atoms with E-state index in [-0.39, 0.29) is 10.7 Å². The molecule has 4 nitrogen and oxygen atoms in total. The molecule has 0 heterocycles. The van der Waals surface area contributed by atoms with E-state index in [9.17, 15) is 4.79 Å². The molecule has 0 rings (SSSR count). The summed E-state index contributed by atoms with van der Waals surface area (Å²) in [6.45, 7) is 4.42. The number of amides is 1. The first-order valence-electron chi connectivity index (χ1n) is 5.04. The fourth-order valence-corrected chi connectivity index (χ4v) is 1.47. The molecule has 0 aromatic heterocycles. The average molecular weight is 282 g/mol. The van der Waals surface area contributed by atoms with Gasteiger partial charge in [-0.05, 0) is 13.3 Å². The van der Waals surface area contributed by atoms with E-state index < -0.39 is 0 Å². The summed E-state index contributed by atoms with van der Waals surface area (Å²) in [4.78, 5) is 13.4. The number of methoxy groups -OCH3 is 2. The van der Waals surface area contributed by atoms with Gasteiger partial charge >= 0.3 is 0 Å². The van der Waals surface area contributed by atoms with Crippen LogP contribution in [0, 0.1) is 0 Å². The zero-order valence-corrected chi connectivity index (χ0v) is 11.2. The maximum atomic E-state index is 11.7. The van der Waals surface area contributed by atoms with Crippen LogP contribution in [0.25, 0.3) is 0 Å². The molecule has 0 aliphatic rings. The summed E-state index contributed by atoms with van der Waals surface area (Å²) >= 11 is 3.28. The van der Waals surface area contributed by atoms with Crippen LogP contribution in [0.1, 0.15) is 13.3 Å². The van der Waals surface area contributed by atoms with Gasteiger partial charge in [0.15, 0.2) is 0 Å². The highest BCUT2D eigenvalue weighted by Crippen LogP contribution is 2.05. The molecule has 1 amide bonds. The molecule has 1 atom stereocenters. The Balaban J connectivity index is 3.99. The van der Waals surface area contributed by atoms with Crippen LogP contribution in [-0.4, -0.2) is 56.2 Å². The quantitative estimate of drug-likeness (QED) is 0.497. The second kappa shape index (κ2) is 9.12. The standard InChI is InChI=1S/C10H20BrNO3/c1-9(11)10(13)12(6-8-15-3)5-4-7-14-2/h9H,4-8H2,1-3H3. The van der Waals surface area contributed by atoms with E-state index in [1.54, 1.807) is 19.1 Å². The van der Waals surface area contributed by atoms with E-state index >= 15 is 0 Å². The molecule has 0 aromatic carbocycles. The van der Waals surface area contributed by atoms with E-state index in [0.717, 1.165) is 6.42 Å². The van der Waals surface area contributed by atoms with Gasteiger partial charge in [-0.2, -0.15) is 0 Å². The van der Waals surface area contributed by atoms with Crippen LogP contribution >= 0.6 is 15.9 Å². The lowest BCUT2D eigenvalue weighted by atomic mass is 10.3. The number of rotatable bonds is 8. The van der Waals surface area contributed by atoms with E-state index in [1.807, 2.05) is 6.92 Å². The first-order valence-corrected chi connectivity index (χ1v) is 5.95. The lowest BCUT2D eigenvalue weighted by Crippen LogP contribution is -2.38. The van der Waals surface area contributed by atoms with Crippen molar-refractivity contribution < 1.29 is 14.3 Å². The molecule has 1 unspecified atom stereocenters. The molecule has 0 saturated heterocycles. The Morgan fingerprint density at radius 3 is 2.33 bits per heavy atom. The van der Waals surface area contributed by atoms with Crippen LogP contribution < -0.4 is 0 Å². The van der Waals surface area contributed by atoms with Gasteiger partial charge in [-0.15, -0.1) is 0 Å². The van der Waals surface area contributed by atoms with Crippen molar-refractivity contribution in [1.82, 2.24) is 4.90 Å². The van der Waals surface area contributed by atoms with Crippen LogP contribution in [0.2, 0.25) is 0 Å². The zero-order valence-electron chi connectivity index (χ0n) is 9.66. The third-order valence-corrected chi connectivity index (χ3v) is 2.39. The van der Waals surface area contributed by atoms with Gasteiger partial charge in [-0.1, -0.05) is 15.9 Å². The first-order chi connectivity index (χ1) is 7.13. The Morgan fingerprint density at radius 2 is 1.87 bits per heavy atom. The Morgan fingerprint density at radius 1 is 1.27 bits per heavy atom. The van der Waals surface area contributed by atoms with E-state index in [2.05, 4.69) is 15.9 Å². The van der Waals surface area contributed by atoms with Crippen molar-refractivity contribution in [3.05, 3.63) is 0 Å². The molecule has 0 fully saturated rings. The predicted octanol–water partition coefficient (Wildman–Crippen LogP) is 1.28. The van der Waals surface area contributed by atoms with Crippen LogP contribution in [0.5, 0.6) is 0 Å². The Hall–Kier alpha value is -0.130. The highest BCUT2D eigenvalue weighted by Gasteiger charge is 2.17. The van der Waals surface area contributed by atoms with Crippen molar-refractivity contribution >= 4 is 21.8 Å². The van der Waals surface area contributed by atoms with Gasteiger partial charge in [0.2, 0.25) is 5.91 Å². The molecule has 0 aliphatic carbocycles. The predicted molar refractivity (Wildman–Crippen MR) is 63.3 cm³/mol. The Kier molecular flexibility index (Phi) is 9.04. The second-order valence-corrected chi connectivity index (χ2v) is 4.65. The van der Waals surface area contributed by atoms with Crippen LogP contribution in [-0.2, 0) is 14.3 Å². The fourth-order valence-electron chi connectivity index (χ4n) is 1.18. The minimum absolute atomic E-state index is 0.100. The van der Waals surface area contributed by atoms with Crippen LogP contribution in [0.15, 0.2) is 0 Å². The number of carbonyl (C=O) groups excluding carboxylic acids is 1. The molecule has 0 spiro atoms. The van der Waals surface area contributed by atoms with Crippen molar-refractivity contribution in [3.63, 3.8) is 0 Å². The Bertz CT molecular complexity index is 176. The SMILES string of the molecule is COCCCN(CCOC)C(=O)C(C)Br. The maximum absolute atomic E-state index is 11.7. The zero-order chi connectivity index (χ0) is 11.7. The Labute approximate surface area is 100 Å². The molecular weight excluding hydrogens is 262 g/mol. The number of carbonyl (C=O) groups is 1. The van der Waals surface area contributed by atoms with Crippen LogP contribution in [0.4, 0.5) is 0 Å². The molecule has 0 N–H and O–H groups in total. The number of alkyl halides is 1. The van der Waals surface area contributed by atoms with Gasteiger partial charge in [0.1, 0.15) is 0 Å². The molecule has 0 aliphatic heterocycles. The minimum atomic E-state index is -0.142. The van der Waals surface area contributed by atoms with E-state index in [0.29, 0.717) is 26.3 Å². The van der Waals surface area contributed by atoms with Gasteiger partial charge in [0.25, 0.3) is 0 Å². The first kappa shape index (κ1) is 14.9. The molecule has 0 aromatic rings. The number of nitrogens with zero attached hydrogens (tertiary/aromatic N) is 1. The summed E-state index contributed by atoms with van der Waals surface area (Å²) in [6.07, 6.45) is 0.853. The van der Waals surface area contributed by atoms with Gasteiger partial charge < -0.3 is 14.4 Å². The van der Waals surface area contributed by atoms with Crippen molar-refractivity contribution in [2.24, 2.45) is 0 Å². The fraction of sp³-hybridized carbons (Fsp3) is 0.900. The molecule has 0 saturated carbocycles. The van der Waals surface area contributed by atoms with Gasteiger partial charge in [-0.25, -0.2) is 0 Å². The van der Waals surface area contributed by atoms with Gasteiger partial charge in [0, 0.05) is 33.9 Å². The normalized spacial score (nSPS) is 12.5. The third kappa shape index (κ3) is 6.87. The third-order valence-electron chi connectivity index (χ3n) is 1.99. The summed E-state index contributed by atoms with van der Waals surface area (Å²) in [5, 5.41) is 0. The van der Waals surface area contributed by atoms with E-state index in [1.165, 1.54) is 0 Å². The van der Waals surface area contributed by atoms with Crippen molar-refractivity contribution in [3.8, 4) is 0 Å². The highest BCUT2D eigenvalue weighted by molar-refractivity contribution is 9.10. The molecule has 0 radical (unpaired) electrons. The van der Waals surface area contributed by atoms with Crippen molar-refractivity contribution in [2.45, 2.75) is 18.2 Å². The largest absolute Gasteiger partial charge is 0.385 e. The molecule has 15 heavy (non-hydrogen) atoms. The number of hydrogen-bond donors (Lipinski definition) is 0. The molecule has 0 bridgehead atoms. The lowest BCUT2D eigenvalue weighted by Gasteiger charge is -2.23. The molecule has 5 heteroatoms. The maximum Gasteiger partial charge on any atom is 0.236 e. The molecular formula is C10H20BrNO3. The highest BCUT2D eigenvalue weighted by atomic mass is 79.9. The van der Waals surface area contributed by atoms with Crippen LogP contribution in [0.3, 0.4) is 0 Å². The summed E-state index contributed by atoms with van der Waals surface area (Å²) < 4.78 is 9.92. The summed E-state index contributed by atoms with van der Waals surface area (Å²) in [5.74, 6) is 0.100. The number of ether oxygens (including phenoxy) is 2. The average Bonchev–Trinajstić information content (AvgIpc) is 2.22. The number of halogens is 1. The topological polar surface area (TPSA) is 38.8 Å². The van der Waals surface area contributed by atoms with Crippen molar-refractivity contribution in [1.29, 1.82) is 0 Å². The number of hydrogen-bond acceptors (Lipinski definition) is 3. The summed E-state index contributed by atoms with van der Waals surface area (Å²) in [5.41, 5.74) is 0. The molecule has 90 valence electrons. The summed E-state index contributed by atoms with van der Waals surface area (Å²) in [7, 11) is 3.30. The van der Waals surface area contributed by atoms with Gasteiger partial charge in [0.05, 0.1) is 11.4 Å². The minimum Gasteiger partial charge on any atom is -0.385 e.